The fraction of sp³-hybridized carbons (Fsp3) is 0.478. The van der Waals surface area contributed by atoms with Crippen LogP contribution in [0.4, 0.5) is 4.79 Å². The van der Waals surface area contributed by atoms with E-state index in [2.05, 4.69) is 16.0 Å². The van der Waals surface area contributed by atoms with Crippen LogP contribution in [0.15, 0.2) is 36.0 Å². The normalized spacial score (nSPS) is 13.6. The molecule has 0 aromatic heterocycles. The van der Waals surface area contributed by atoms with Crippen LogP contribution in [-0.2, 0) is 23.9 Å². The highest BCUT2D eigenvalue weighted by Crippen LogP contribution is 2.10. The molecule has 0 saturated heterocycles. The van der Waals surface area contributed by atoms with Crippen LogP contribution in [0, 0.1) is 5.92 Å². The maximum absolute atomic E-state index is 12.9. The fourth-order valence-corrected chi connectivity index (χ4v) is 2.51. The van der Waals surface area contributed by atoms with Crippen molar-refractivity contribution in [1.29, 1.82) is 0 Å². The lowest BCUT2D eigenvalue weighted by molar-refractivity contribution is -0.146. The number of alkyl carbamates (subject to hydrolysis) is 1. The third-order valence-electron chi connectivity index (χ3n) is 4.15. The zero-order valence-electron chi connectivity index (χ0n) is 19.6. The molecular formula is C23H33N3O6. The number of hydrogen-bond donors (Lipinski definition) is 3. The van der Waals surface area contributed by atoms with Crippen molar-refractivity contribution < 1.29 is 28.7 Å². The molecular weight excluding hydrogens is 414 g/mol. The number of nitrogens with one attached hydrogen (secondary N) is 3. The molecule has 0 saturated carbocycles. The van der Waals surface area contributed by atoms with E-state index in [-0.39, 0.29) is 11.6 Å². The van der Waals surface area contributed by atoms with Crippen LogP contribution in [0.5, 0.6) is 0 Å². The molecule has 3 N–H and O–H groups in total. The molecule has 0 aliphatic carbocycles. The van der Waals surface area contributed by atoms with Gasteiger partial charge in [-0.15, -0.1) is 0 Å². The second-order valence-electron chi connectivity index (χ2n) is 8.54. The van der Waals surface area contributed by atoms with E-state index < -0.39 is 41.6 Å². The van der Waals surface area contributed by atoms with Gasteiger partial charge in [-0.1, -0.05) is 44.2 Å². The molecule has 0 aliphatic rings. The summed E-state index contributed by atoms with van der Waals surface area (Å²) in [4.78, 5) is 49.6. The lowest BCUT2D eigenvalue weighted by Crippen LogP contribution is -2.50. The Morgan fingerprint density at radius 1 is 0.969 bits per heavy atom. The van der Waals surface area contributed by atoms with Gasteiger partial charge >= 0.3 is 12.1 Å². The van der Waals surface area contributed by atoms with Crippen LogP contribution < -0.4 is 16.0 Å². The second kappa shape index (κ2) is 11.9. The van der Waals surface area contributed by atoms with E-state index in [1.54, 1.807) is 58.9 Å². The highest BCUT2D eigenvalue weighted by molar-refractivity contribution is 6.03. The molecule has 9 heteroatoms. The number of carbonyl (C=O) groups is 4. The van der Waals surface area contributed by atoms with Crippen molar-refractivity contribution in [3.05, 3.63) is 41.6 Å². The Balaban J connectivity index is 3.06. The summed E-state index contributed by atoms with van der Waals surface area (Å²) in [5.74, 6) is -2.14. The SMILES string of the molecule is COC(=O)[C@@H](NC(=O)/C(=C\c1ccccc1)NC(=O)[C@H](C)NC(=O)OC(C)(C)C)C(C)C. The van der Waals surface area contributed by atoms with Crippen LogP contribution in [0.1, 0.15) is 47.1 Å². The van der Waals surface area contributed by atoms with E-state index in [9.17, 15) is 19.2 Å². The number of hydrogen-bond acceptors (Lipinski definition) is 6. The van der Waals surface area contributed by atoms with Gasteiger partial charge in [0.15, 0.2) is 0 Å². The third-order valence-corrected chi connectivity index (χ3v) is 4.15. The summed E-state index contributed by atoms with van der Waals surface area (Å²) in [6, 6.07) is 6.99. The Labute approximate surface area is 188 Å². The molecule has 0 unspecified atom stereocenters. The maximum atomic E-state index is 12.9. The summed E-state index contributed by atoms with van der Waals surface area (Å²) >= 11 is 0. The number of rotatable bonds is 8. The fourth-order valence-electron chi connectivity index (χ4n) is 2.51. The first kappa shape index (κ1) is 26.7. The lowest BCUT2D eigenvalue weighted by Gasteiger charge is -2.23. The topological polar surface area (TPSA) is 123 Å². The Morgan fingerprint density at radius 3 is 2.06 bits per heavy atom. The molecule has 3 amide bonds. The van der Waals surface area contributed by atoms with E-state index in [4.69, 9.17) is 9.47 Å². The first-order valence-corrected chi connectivity index (χ1v) is 10.3. The average molecular weight is 448 g/mol. The van der Waals surface area contributed by atoms with Crippen molar-refractivity contribution in [1.82, 2.24) is 16.0 Å². The molecule has 1 rings (SSSR count). The number of methoxy groups -OCH3 is 1. The minimum Gasteiger partial charge on any atom is -0.467 e. The van der Waals surface area contributed by atoms with Gasteiger partial charge in [-0.25, -0.2) is 9.59 Å². The van der Waals surface area contributed by atoms with Crippen LogP contribution in [0.3, 0.4) is 0 Å². The van der Waals surface area contributed by atoms with Crippen LogP contribution in [0.25, 0.3) is 6.08 Å². The number of carbonyl (C=O) groups excluding carboxylic acids is 4. The summed E-state index contributed by atoms with van der Waals surface area (Å²) in [5, 5.41) is 7.54. The molecule has 32 heavy (non-hydrogen) atoms. The molecule has 2 atom stereocenters. The highest BCUT2D eigenvalue weighted by Gasteiger charge is 2.28. The van der Waals surface area contributed by atoms with Crippen LogP contribution in [-0.4, -0.2) is 48.7 Å². The van der Waals surface area contributed by atoms with E-state index in [1.165, 1.54) is 20.1 Å². The van der Waals surface area contributed by atoms with Crippen molar-refractivity contribution >= 4 is 30.0 Å². The third kappa shape index (κ3) is 9.20. The number of amides is 3. The monoisotopic (exact) mass is 447 g/mol. The summed E-state index contributed by atoms with van der Waals surface area (Å²) < 4.78 is 9.90. The number of ether oxygens (including phenoxy) is 2. The van der Waals surface area contributed by atoms with Gasteiger partial charge in [0.05, 0.1) is 7.11 Å². The predicted molar refractivity (Wildman–Crippen MR) is 120 cm³/mol. The van der Waals surface area contributed by atoms with Crippen molar-refractivity contribution in [3.63, 3.8) is 0 Å². The van der Waals surface area contributed by atoms with Gasteiger partial charge in [-0.05, 0) is 45.3 Å². The van der Waals surface area contributed by atoms with E-state index >= 15 is 0 Å². The first-order chi connectivity index (χ1) is 14.8. The van der Waals surface area contributed by atoms with Crippen molar-refractivity contribution in [3.8, 4) is 0 Å². The van der Waals surface area contributed by atoms with Crippen molar-refractivity contribution in [2.75, 3.05) is 7.11 Å². The zero-order valence-corrected chi connectivity index (χ0v) is 19.6. The largest absolute Gasteiger partial charge is 0.467 e. The molecule has 0 bridgehead atoms. The maximum Gasteiger partial charge on any atom is 0.408 e. The van der Waals surface area contributed by atoms with Gasteiger partial charge in [-0.3, -0.25) is 9.59 Å². The van der Waals surface area contributed by atoms with Gasteiger partial charge in [0.25, 0.3) is 5.91 Å². The van der Waals surface area contributed by atoms with E-state index in [0.29, 0.717) is 5.56 Å². The standard InChI is InChI=1S/C23H33N3O6/c1-14(2)18(21(29)31-7)26-20(28)17(13-16-11-9-8-10-12-16)25-19(27)15(3)24-22(30)32-23(4,5)6/h8-15,18H,1-7H3,(H,24,30)(H,25,27)(H,26,28)/b17-13+/t15-,18-/m0/s1. The molecule has 0 heterocycles. The molecule has 9 nitrogen and oxygen atoms in total. The summed E-state index contributed by atoms with van der Waals surface area (Å²) in [6.07, 6.45) is 0.714. The molecule has 0 fully saturated rings. The van der Waals surface area contributed by atoms with E-state index in [1.807, 2.05) is 6.07 Å². The quantitative estimate of drug-likeness (QED) is 0.415. The number of benzene rings is 1. The highest BCUT2D eigenvalue weighted by atomic mass is 16.6. The van der Waals surface area contributed by atoms with E-state index in [0.717, 1.165) is 0 Å². The average Bonchev–Trinajstić information content (AvgIpc) is 2.69. The molecule has 0 radical (unpaired) electrons. The minimum atomic E-state index is -0.988. The van der Waals surface area contributed by atoms with Crippen molar-refractivity contribution in [2.24, 2.45) is 5.92 Å². The van der Waals surface area contributed by atoms with Gasteiger partial charge in [0.1, 0.15) is 23.4 Å². The Morgan fingerprint density at radius 2 is 1.56 bits per heavy atom. The van der Waals surface area contributed by atoms with Gasteiger partial charge in [-0.2, -0.15) is 0 Å². The minimum absolute atomic E-state index is 0.0893. The molecule has 0 spiro atoms. The Kier molecular flexibility index (Phi) is 9.90. The predicted octanol–water partition coefficient (Wildman–Crippen LogP) is 2.37. The number of esters is 1. The molecule has 1 aromatic carbocycles. The lowest BCUT2D eigenvalue weighted by atomic mass is 10.0. The molecule has 0 aliphatic heterocycles. The van der Waals surface area contributed by atoms with Crippen molar-refractivity contribution in [2.45, 2.75) is 59.2 Å². The first-order valence-electron chi connectivity index (χ1n) is 10.3. The summed E-state index contributed by atoms with van der Waals surface area (Å²) in [5.41, 5.74) is -0.156. The summed E-state index contributed by atoms with van der Waals surface area (Å²) in [7, 11) is 1.23. The van der Waals surface area contributed by atoms with Crippen LogP contribution >= 0.6 is 0 Å². The van der Waals surface area contributed by atoms with Gasteiger partial charge < -0.3 is 25.4 Å². The Bertz CT molecular complexity index is 843. The van der Waals surface area contributed by atoms with Gasteiger partial charge in [0, 0.05) is 0 Å². The summed E-state index contributed by atoms with van der Waals surface area (Å²) in [6.45, 7) is 10.1. The molecule has 1 aromatic rings. The second-order valence-corrected chi connectivity index (χ2v) is 8.54. The van der Waals surface area contributed by atoms with Gasteiger partial charge in [0.2, 0.25) is 5.91 Å². The van der Waals surface area contributed by atoms with Crippen LogP contribution in [0.2, 0.25) is 0 Å². The smallest absolute Gasteiger partial charge is 0.408 e. The molecule has 176 valence electrons. The zero-order chi connectivity index (χ0) is 24.5. The Hall–Kier alpha value is -3.36.